The lowest BCUT2D eigenvalue weighted by atomic mass is 10.3. The SMILES string of the molecule is C=CCN(CCC)CCNc1ccccc1. The Bertz CT molecular complexity index is 282. The fourth-order valence-corrected chi connectivity index (χ4v) is 1.71. The van der Waals surface area contributed by atoms with Crippen LogP contribution in [0.15, 0.2) is 43.0 Å². The highest BCUT2D eigenvalue weighted by atomic mass is 15.1. The molecule has 0 aliphatic heterocycles. The van der Waals surface area contributed by atoms with Crippen LogP contribution in [-0.4, -0.2) is 31.1 Å². The first-order valence-electron chi connectivity index (χ1n) is 5.99. The first-order valence-corrected chi connectivity index (χ1v) is 5.99. The van der Waals surface area contributed by atoms with Gasteiger partial charge in [0.05, 0.1) is 0 Å². The van der Waals surface area contributed by atoms with Crippen LogP contribution >= 0.6 is 0 Å². The molecule has 0 heterocycles. The molecule has 0 spiro atoms. The molecule has 0 aliphatic rings. The molecule has 16 heavy (non-hydrogen) atoms. The first kappa shape index (κ1) is 12.8. The van der Waals surface area contributed by atoms with E-state index in [9.17, 15) is 0 Å². The Morgan fingerprint density at radius 2 is 2.00 bits per heavy atom. The van der Waals surface area contributed by atoms with Crippen molar-refractivity contribution in [2.45, 2.75) is 13.3 Å². The van der Waals surface area contributed by atoms with Gasteiger partial charge in [0.15, 0.2) is 0 Å². The Balaban J connectivity index is 2.24. The van der Waals surface area contributed by atoms with Crippen LogP contribution in [0.5, 0.6) is 0 Å². The summed E-state index contributed by atoms with van der Waals surface area (Å²) in [7, 11) is 0. The van der Waals surface area contributed by atoms with Gasteiger partial charge in [-0.1, -0.05) is 31.2 Å². The molecule has 1 aromatic carbocycles. The number of hydrogen-bond acceptors (Lipinski definition) is 2. The number of anilines is 1. The van der Waals surface area contributed by atoms with Crippen molar-refractivity contribution in [2.75, 3.05) is 31.5 Å². The van der Waals surface area contributed by atoms with E-state index in [1.165, 1.54) is 12.1 Å². The van der Waals surface area contributed by atoms with Crippen molar-refractivity contribution in [1.82, 2.24) is 4.90 Å². The lowest BCUT2D eigenvalue weighted by molar-refractivity contribution is 0.315. The van der Waals surface area contributed by atoms with Crippen LogP contribution in [0.4, 0.5) is 5.69 Å². The summed E-state index contributed by atoms with van der Waals surface area (Å²) < 4.78 is 0. The molecule has 0 saturated carbocycles. The van der Waals surface area contributed by atoms with Crippen LogP contribution in [0, 0.1) is 0 Å². The van der Waals surface area contributed by atoms with Crippen LogP contribution in [0.3, 0.4) is 0 Å². The quantitative estimate of drug-likeness (QED) is 0.675. The zero-order valence-corrected chi connectivity index (χ0v) is 10.2. The zero-order chi connectivity index (χ0) is 11.6. The monoisotopic (exact) mass is 218 g/mol. The van der Waals surface area contributed by atoms with Gasteiger partial charge in [-0.15, -0.1) is 6.58 Å². The molecule has 0 unspecified atom stereocenters. The molecule has 0 atom stereocenters. The number of benzene rings is 1. The zero-order valence-electron chi connectivity index (χ0n) is 10.2. The molecule has 0 radical (unpaired) electrons. The molecule has 0 amide bonds. The smallest absolute Gasteiger partial charge is 0.0340 e. The van der Waals surface area contributed by atoms with Gasteiger partial charge >= 0.3 is 0 Å². The van der Waals surface area contributed by atoms with Crippen LogP contribution in [0.25, 0.3) is 0 Å². The summed E-state index contributed by atoms with van der Waals surface area (Å²) in [6.07, 6.45) is 3.16. The number of nitrogens with zero attached hydrogens (tertiary/aromatic N) is 1. The van der Waals surface area contributed by atoms with E-state index in [2.05, 4.69) is 48.0 Å². The molecule has 0 aliphatic carbocycles. The third kappa shape index (κ3) is 4.99. The van der Waals surface area contributed by atoms with Crippen molar-refractivity contribution < 1.29 is 0 Å². The third-order valence-electron chi connectivity index (χ3n) is 2.46. The Morgan fingerprint density at radius 1 is 1.25 bits per heavy atom. The van der Waals surface area contributed by atoms with Gasteiger partial charge in [0, 0.05) is 25.3 Å². The summed E-state index contributed by atoms with van der Waals surface area (Å²) in [5, 5.41) is 3.42. The van der Waals surface area contributed by atoms with E-state index in [4.69, 9.17) is 0 Å². The second-order valence-corrected chi connectivity index (χ2v) is 3.88. The van der Waals surface area contributed by atoms with E-state index in [0.717, 1.165) is 26.2 Å². The fraction of sp³-hybridized carbons (Fsp3) is 0.429. The minimum absolute atomic E-state index is 0.976. The molecule has 88 valence electrons. The van der Waals surface area contributed by atoms with Crippen molar-refractivity contribution >= 4 is 5.69 Å². The molecule has 1 aromatic rings. The minimum atomic E-state index is 0.976. The standard InChI is InChI=1S/C14H22N2/c1-3-11-16(12-4-2)13-10-15-14-8-6-5-7-9-14/h3,5-9,15H,1,4,10-13H2,2H3. The number of rotatable bonds is 8. The highest BCUT2D eigenvalue weighted by Gasteiger charge is 2.00. The van der Waals surface area contributed by atoms with Crippen molar-refractivity contribution in [1.29, 1.82) is 0 Å². The summed E-state index contributed by atoms with van der Waals surface area (Å²) in [6.45, 7) is 10.2. The van der Waals surface area contributed by atoms with Gasteiger partial charge in [0.2, 0.25) is 0 Å². The molecule has 2 heteroatoms. The van der Waals surface area contributed by atoms with Gasteiger partial charge < -0.3 is 5.32 Å². The summed E-state index contributed by atoms with van der Waals surface area (Å²) in [4.78, 5) is 2.41. The number of para-hydroxylation sites is 1. The Hall–Kier alpha value is -1.28. The maximum absolute atomic E-state index is 3.79. The molecule has 1 rings (SSSR count). The summed E-state index contributed by atoms with van der Waals surface area (Å²) in [5.74, 6) is 0. The average Bonchev–Trinajstić information content (AvgIpc) is 2.31. The maximum atomic E-state index is 3.79. The van der Waals surface area contributed by atoms with E-state index in [-0.39, 0.29) is 0 Å². The van der Waals surface area contributed by atoms with E-state index in [1.807, 2.05) is 12.1 Å². The number of nitrogens with one attached hydrogen (secondary N) is 1. The van der Waals surface area contributed by atoms with E-state index in [0.29, 0.717) is 0 Å². The van der Waals surface area contributed by atoms with E-state index >= 15 is 0 Å². The highest BCUT2D eigenvalue weighted by molar-refractivity contribution is 5.42. The maximum Gasteiger partial charge on any atom is 0.0340 e. The lowest BCUT2D eigenvalue weighted by Gasteiger charge is -2.20. The molecule has 2 nitrogen and oxygen atoms in total. The third-order valence-corrected chi connectivity index (χ3v) is 2.46. The van der Waals surface area contributed by atoms with Crippen molar-refractivity contribution in [3.63, 3.8) is 0 Å². The van der Waals surface area contributed by atoms with Crippen LogP contribution < -0.4 is 5.32 Å². The molecule has 0 bridgehead atoms. The van der Waals surface area contributed by atoms with E-state index < -0.39 is 0 Å². The van der Waals surface area contributed by atoms with Crippen LogP contribution in [0.1, 0.15) is 13.3 Å². The molecular weight excluding hydrogens is 196 g/mol. The van der Waals surface area contributed by atoms with Crippen molar-refractivity contribution in [3.8, 4) is 0 Å². The normalized spacial score (nSPS) is 10.4. The summed E-state index contributed by atoms with van der Waals surface area (Å²) in [6, 6.07) is 10.3. The largest absolute Gasteiger partial charge is 0.384 e. The lowest BCUT2D eigenvalue weighted by Crippen LogP contribution is -2.30. The molecular formula is C14H22N2. The highest BCUT2D eigenvalue weighted by Crippen LogP contribution is 2.04. The molecule has 1 N–H and O–H groups in total. The second-order valence-electron chi connectivity index (χ2n) is 3.88. The van der Waals surface area contributed by atoms with Gasteiger partial charge in [0.1, 0.15) is 0 Å². The predicted octanol–water partition coefficient (Wildman–Crippen LogP) is 3.00. The first-order chi connectivity index (χ1) is 7.86. The molecule has 0 aromatic heterocycles. The average molecular weight is 218 g/mol. The predicted molar refractivity (Wildman–Crippen MR) is 71.9 cm³/mol. The summed E-state index contributed by atoms with van der Waals surface area (Å²) in [5.41, 5.74) is 1.19. The van der Waals surface area contributed by atoms with Gasteiger partial charge in [-0.05, 0) is 25.1 Å². The Kier molecular flexibility index (Phi) is 6.35. The molecule has 0 fully saturated rings. The van der Waals surface area contributed by atoms with Crippen LogP contribution in [0.2, 0.25) is 0 Å². The van der Waals surface area contributed by atoms with Gasteiger partial charge in [-0.3, -0.25) is 4.90 Å². The fourth-order valence-electron chi connectivity index (χ4n) is 1.71. The van der Waals surface area contributed by atoms with Gasteiger partial charge in [-0.25, -0.2) is 0 Å². The number of hydrogen-bond donors (Lipinski definition) is 1. The van der Waals surface area contributed by atoms with Crippen LogP contribution in [-0.2, 0) is 0 Å². The van der Waals surface area contributed by atoms with Gasteiger partial charge in [-0.2, -0.15) is 0 Å². The minimum Gasteiger partial charge on any atom is -0.384 e. The Labute approximate surface area is 99.0 Å². The molecule has 0 saturated heterocycles. The van der Waals surface area contributed by atoms with E-state index in [1.54, 1.807) is 0 Å². The summed E-state index contributed by atoms with van der Waals surface area (Å²) >= 11 is 0. The second kappa shape index (κ2) is 7.94. The Morgan fingerprint density at radius 3 is 2.62 bits per heavy atom. The topological polar surface area (TPSA) is 15.3 Å². The van der Waals surface area contributed by atoms with Crippen molar-refractivity contribution in [2.24, 2.45) is 0 Å². The van der Waals surface area contributed by atoms with Crippen molar-refractivity contribution in [3.05, 3.63) is 43.0 Å². The van der Waals surface area contributed by atoms with Gasteiger partial charge in [0.25, 0.3) is 0 Å².